The standard InChI is InChI=1S/C15H13BrFNO2/c1-9-7-10(3-5-12(9)17)15(19)18-13-8-11(16)4-6-14(13)20-2/h3-8H,1-2H3,(H,18,19). The molecule has 0 saturated heterocycles. The Bertz CT molecular complexity index is 658. The Balaban J connectivity index is 2.27. The summed E-state index contributed by atoms with van der Waals surface area (Å²) in [6, 6.07) is 9.54. The van der Waals surface area contributed by atoms with Crippen molar-refractivity contribution < 1.29 is 13.9 Å². The minimum absolute atomic E-state index is 0.315. The maximum Gasteiger partial charge on any atom is 0.255 e. The Kier molecular flexibility index (Phi) is 4.39. The lowest BCUT2D eigenvalue weighted by molar-refractivity contribution is 0.102. The molecule has 2 aromatic carbocycles. The number of amides is 1. The van der Waals surface area contributed by atoms with Crippen molar-refractivity contribution in [2.75, 3.05) is 12.4 Å². The van der Waals surface area contributed by atoms with E-state index in [4.69, 9.17) is 4.74 Å². The summed E-state index contributed by atoms with van der Waals surface area (Å²) in [6.45, 7) is 1.62. The molecule has 0 spiro atoms. The van der Waals surface area contributed by atoms with Crippen LogP contribution in [0.1, 0.15) is 15.9 Å². The third-order valence-electron chi connectivity index (χ3n) is 2.83. The van der Waals surface area contributed by atoms with Gasteiger partial charge >= 0.3 is 0 Å². The number of carbonyl (C=O) groups excluding carboxylic acids is 1. The second-order valence-electron chi connectivity index (χ2n) is 4.26. The van der Waals surface area contributed by atoms with Crippen LogP contribution in [0.15, 0.2) is 40.9 Å². The van der Waals surface area contributed by atoms with Gasteiger partial charge in [0.2, 0.25) is 0 Å². The summed E-state index contributed by atoms with van der Waals surface area (Å²) in [4.78, 5) is 12.2. The smallest absolute Gasteiger partial charge is 0.255 e. The van der Waals surface area contributed by atoms with Crippen LogP contribution in [0.25, 0.3) is 0 Å². The molecule has 1 N–H and O–H groups in total. The summed E-state index contributed by atoms with van der Waals surface area (Å²) in [5.74, 6) is -0.0912. The van der Waals surface area contributed by atoms with Gasteiger partial charge in [-0.25, -0.2) is 4.39 Å². The van der Waals surface area contributed by atoms with Gasteiger partial charge in [-0.05, 0) is 48.9 Å². The van der Waals surface area contributed by atoms with Crippen LogP contribution in [-0.2, 0) is 0 Å². The molecule has 20 heavy (non-hydrogen) atoms. The number of hydrogen-bond acceptors (Lipinski definition) is 2. The summed E-state index contributed by atoms with van der Waals surface area (Å²) in [6.07, 6.45) is 0. The summed E-state index contributed by atoms with van der Waals surface area (Å²) >= 11 is 3.34. The van der Waals surface area contributed by atoms with Gasteiger partial charge in [0.1, 0.15) is 11.6 Å². The van der Waals surface area contributed by atoms with E-state index in [9.17, 15) is 9.18 Å². The molecule has 2 aromatic rings. The van der Waals surface area contributed by atoms with Gasteiger partial charge in [0, 0.05) is 10.0 Å². The molecule has 3 nitrogen and oxygen atoms in total. The van der Waals surface area contributed by atoms with Crippen molar-refractivity contribution in [3.05, 3.63) is 57.8 Å². The van der Waals surface area contributed by atoms with Gasteiger partial charge in [0.25, 0.3) is 5.91 Å². The van der Waals surface area contributed by atoms with Crippen LogP contribution in [0.5, 0.6) is 5.75 Å². The van der Waals surface area contributed by atoms with Crippen molar-refractivity contribution in [2.45, 2.75) is 6.92 Å². The van der Waals surface area contributed by atoms with Crippen molar-refractivity contribution in [1.29, 1.82) is 0 Å². The van der Waals surface area contributed by atoms with Crippen LogP contribution in [0.3, 0.4) is 0 Å². The van der Waals surface area contributed by atoms with Crippen LogP contribution in [0, 0.1) is 12.7 Å². The summed E-state index contributed by atoms with van der Waals surface area (Å²) in [7, 11) is 1.53. The highest BCUT2D eigenvalue weighted by atomic mass is 79.9. The molecular formula is C15H13BrFNO2. The van der Waals surface area contributed by atoms with Crippen LogP contribution in [0.2, 0.25) is 0 Å². The van der Waals surface area contributed by atoms with Gasteiger partial charge in [-0.3, -0.25) is 4.79 Å². The van der Waals surface area contributed by atoms with Gasteiger partial charge in [-0.15, -0.1) is 0 Å². The maximum absolute atomic E-state index is 13.2. The van der Waals surface area contributed by atoms with Crippen molar-refractivity contribution in [3.63, 3.8) is 0 Å². The average Bonchev–Trinajstić information content (AvgIpc) is 2.42. The molecule has 0 aliphatic heterocycles. The number of methoxy groups -OCH3 is 1. The molecule has 0 aliphatic rings. The van der Waals surface area contributed by atoms with Gasteiger partial charge in [0.15, 0.2) is 0 Å². The zero-order valence-corrected chi connectivity index (χ0v) is 12.6. The number of anilines is 1. The SMILES string of the molecule is COc1ccc(Br)cc1NC(=O)c1ccc(F)c(C)c1. The fourth-order valence-corrected chi connectivity index (χ4v) is 2.12. The van der Waals surface area contributed by atoms with Gasteiger partial charge in [-0.1, -0.05) is 15.9 Å². The van der Waals surface area contributed by atoms with Crippen LogP contribution < -0.4 is 10.1 Å². The van der Waals surface area contributed by atoms with Crippen LogP contribution >= 0.6 is 15.9 Å². The largest absolute Gasteiger partial charge is 0.495 e. The minimum atomic E-state index is -0.332. The molecule has 0 saturated carbocycles. The van der Waals surface area contributed by atoms with E-state index in [1.165, 1.54) is 25.3 Å². The zero-order valence-electron chi connectivity index (χ0n) is 11.0. The fraction of sp³-hybridized carbons (Fsp3) is 0.133. The number of rotatable bonds is 3. The minimum Gasteiger partial charge on any atom is -0.495 e. The first kappa shape index (κ1) is 14.5. The third kappa shape index (κ3) is 3.17. The van der Waals surface area contributed by atoms with Crippen molar-refractivity contribution in [2.24, 2.45) is 0 Å². The van der Waals surface area contributed by atoms with E-state index in [0.717, 1.165) is 4.47 Å². The summed E-state index contributed by atoms with van der Waals surface area (Å²) < 4.78 is 19.2. The fourth-order valence-electron chi connectivity index (χ4n) is 1.76. The number of aryl methyl sites for hydroxylation is 1. The molecule has 0 aliphatic carbocycles. The molecule has 5 heteroatoms. The highest BCUT2D eigenvalue weighted by molar-refractivity contribution is 9.10. The first-order valence-electron chi connectivity index (χ1n) is 5.92. The lowest BCUT2D eigenvalue weighted by Crippen LogP contribution is -2.13. The van der Waals surface area contributed by atoms with Gasteiger partial charge in [-0.2, -0.15) is 0 Å². The first-order chi connectivity index (χ1) is 9.51. The highest BCUT2D eigenvalue weighted by Gasteiger charge is 2.11. The van der Waals surface area contributed by atoms with Gasteiger partial charge in [0.05, 0.1) is 12.8 Å². The molecule has 0 heterocycles. The van der Waals surface area contributed by atoms with Gasteiger partial charge < -0.3 is 10.1 Å². The van der Waals surface area contributed by atoms with E-state index in [-0.39, 0.29) is 11.7 Å². The first-order valence-corrected chi connectivity index (χ1v) is 6.71. The van der Waals surface area contributed by atoms with Crippen molar-refractivity contribution in [3.8, 4) is 5.75 Å². The lowest BCUT2D eigenvalue weighted by atomic mass is 10.1. The van der Waals surface area contributed by atoms with E-state index in [1.54, 1.807) is 19.1 Å². The second kappa shape index (κ2) is 6.05. The molecule has 1 amide bonds. The molecule has 0 radical (unpaired) electrons. The molecule has 2 rings (SSSR count). The molecule has 0 bridgehead atoms. The monoisotopic (exact) mass is 337 g/mol. The van der Waals surface area contributed by atoms with E-state index >= 15 is 0 Å². The third-order valence-corrected chi connectivity index (χ3v) is 3.32. The highest BCUT2D eigenvalue weighted by Crippen LogP contribution is 2.28. The zero-order chi connectivity index (χ0) is 14.7. The number of halogens is 2. The van der Waals surface area contributed by atoms with Crippen molar-refractivity contribution >= 4 is 27.5 Å². The second-order valence-corrected chi connectivity index (χ2v) is 5.18. The molecule has 0 fully saturated rings. The summed E-state index contributed by atoms with van der Waals surface area (Å²) in [5, 5.41) is 2.75. The Morgan fingerprint density at radius 2 is 2.00 bits per heavy atom. The number of carbonyl (C=O) groups is 1. The number of benzene rings is 2. The number of ether oxygens (including phenoxy) is 1. The maximum atomic E-state index is 13.2. The number of nitrogens with one attached hydrogen (secondary N) is 1. The molecular weight excluding hydrogens is 325 g/mol. The number of hydrogen-bond donors (Lipinski definition) is 1. The predicted octanol–water partition coefficient (Wildman–Crippen LogP) is 4.16. The van der Waals surface area contributed by atoms with E-state index in [2.05, 4.69) is 21.2 Å². The molecule has 0 atom stereocenters. The average molecular weight is 338 g/mol. The summed E-state index contributed by atoms with van der Waals surface area (Å²) in [5.41, 5.74) is 1.37. The Morgan fingerprint density at radius 1 is 1.25 bits per heavy atom. The quantitative estimate of drug-likeness (QED) is 0.913. The Hall–Kier alpha value is -1.88. The van der Waals surface area contributed by atoms with E-state index in [0.29, 0.717) is 22.6 Å². The Labute approximate surface area is 124 Å². The topological polar surface area (TPSA) is 38.3 Å². The normalized spacial score (nSPS) is 10.2. The predicted molar refractivity (Wildman–Crippen MR) is 79.8 cm³/mol. The molecule has 0 aromatic heterocycles. The molecule has 104 valence electrons. The Morgan fingerprint density at radius 3 is 2.65 bits per heavy atom. The van der Waals surface area contributed by atoms with E-state index in [1.807, 2.05) is 6.07 Å². The van der Waals surface area contributed by atoms with Crippen LogP contribution in [-0.4, -0.2) is 13.0 Å². The molecule has 0 unspecified atom stereocenters. The van der Waals surface area contributed by atoms with E-state index < -0.39 is 0 Å². The van der Waals surface area contributed by atoms with Crippen molar-refractivity contribution in [1.82, 2.24) is 0 Å². The van der Waals surface area contributed by atoms with Crippen LogP contribution in [0.4, 0.5) is 10.1 Å². The lowest BCUT2D eigenvalue weighted by Gasteiger charge is -2.11.